The first-order chi connectivity index (χ1) is 33.7. The minimum absolute atomic E-state index is 1.12. The highest BCUT2D eigenvalue weighted by atomic mass is 15.1. The van der Waals surface area contributed by atoms with Crippen LogP contribution in [0.3, 0.4) is 0 Å². The standard InChI is InChI=1S/C66H44N2/c1-5-19-51(20-6-1)67(52-21-7-2-8-22-52)55-39-37-45-41-49(35-33-47(45)43-55)63-61-31-17-18-32-62(61)64(66-60-30-16-14-28-58(60)57-27-13-15-29-59(57)65(63)66)50-36-34-48-44-56(40-38-46(48)42-50)68(53-23-9-3-10-24-53)54-25-11-4-12-26-54/h1-44H. The molecule has 13 rings (SSSR count). The number of hydrogen-bond donors (Lipinski definition) is 0. The van der Waals surface area contributed by atoms with E-state index in [-0.39, 0.29) is 0 Å². The quantitative estimate of drug-likeness (QED) is 0.111. The molecule has 13 aromatic carbocycles. The Morgan fingerprint density at radius 1 is 0.191 bits per heavy atom. The lowest BCUT2D eigenvalue weighted by atomic mass is 9.81. The normalized spacial score (nSPS) is 11.5. The van der Waals surface area contributed by atoms with Gasteiger partial charge in [0.25, 0.3) is 0 Å². The Balaban J connectivity index is 1.02. The number of para-hydroxylation sites is 4. The van der Waals surface area contributed by atoms with Crippen molar-refractivity contribution < 1.29 is 0 Å². The Hall–Kier alpha value is -8.98. The molecule has 0 bridgehead atoms. The van der Waals surface area contributed by atoms with E-state index in [4.69, 9.17) is 0 Å². The molecule has 0 radical (unpaired) electrons. The van der Waals surface area contributed by atoms with Crippen LogP contribution in [-0.4, -0.2) is 0 Å². The molecule has 0 saturated carbocycles. The molecule has 0 saturated heterocycles. The maximum absolute atomic E-state index is 2.40. The molecule has 2 heteroatoms. The van der Waals surface area contributed by atoms with Gasteiger partial charge >= 0.3 is 0 Å². The van der Waals surface area contributed by atoms with E-state index >= 15 is 0 Å². The molecule has 0 atom stereocenters. The van der Waals surface area contributed by atoms with E-state index < -0.39 is 0 Å². The molecule has 0 aliphatic heterocycles. The van der Waals surface area contributed by atoms with E-state index in [9.17, 15) is 0 Å². The van der Waals surface area contributed by atoms with Crippen molar-refractivity contribution in [2.24, 2.45) is 0 Å². The summed E-state index contributed by atoms with van der Waals surface area (Å²) >= 11 is 0. The lowest BCUT2D eigenvalue weighted by Gasteiger charge is -2.26. The van der Waals surface area contributed by atoms with E-state index in [0.717, 1.165) is 34.1 Å². The van der Waals surface area contributed by atoms with Crippen molar-refractivity contribution in [2.45, 2.75) is 0 Å². The molecule has 13 aromatic rings. The molecular weight excluding hydrogens is 821 g/mol. The summed E-state index contributed by atoms with van der Waals surface area (Å²) in [5, 5.41) is 14.9. The Kier molecular flexibility index (Phi) is 9.54. The van der Waals surface area contributed by atoms with Crippen molar-refractivity contribution in [3.8, 4) is 22.3 Å². The fourth-order valence-corrected chi connectivity index (χ4v) is 10.7. The predicted molar refractivity (Wildman–Crippen MR) is 292 cm³/mol. The topological polar surface area (TPSA) is 6.48 Å². The fourth-order valence-electron chi connectivity index (χ4n) is 10.7. The van der Waals surface area contributed by atoms with Crippen LogP contribution < -0.4 is 9.80 Å². The van der Waals surface area contributed by atoms with E-state index in [1.807, 2.05) is 0 Å². The number of anilines is 6. The number of hydrogen-bond acceptors (Lipinski definition) is 2. The van der Waals surface area contributed by atoms with Crippen LogP contribution in [0.1, 0.15) is 0 Å². The fraction of sp³-hybridized carbons (Fsp3) is 0. The summed E-state index contributed by atoms with van der Waals surface area (Å²) < 4.78 is 0. The first kappa shape index (κ1) is 39.4. The minimum Gasteiger partial charge on any atom is -0.310 e. The molecule has 68 heavy (non-hydrogen) atoms. The third-order valence-electron chi connectivity index (χ3n) is 13.7. The molecular formula is C66H44N2. The van der Waals surface area contributed by atoms with Gasteiger partial charge in [-0.2, -0.15) is 0 Å². The smallest absolute Gasteiger partial charge is 0.0468 e. The third kappa shape index (κ3) is 6.65. The summed E-state index contributed by atoms with van der Waals surface area (Å²) in [6, 6.07) is 97.5. The van der Waals surface area contributed by atoms with Crippen LogP contribution in [0.15, 0.2) is 267 Å². The van der Waals surface area contributed by atoms with E-state index in [0.29, 0.717) is 0 Å². The van der Waals surface area contributed by atoms with Crippen molar-refractivity contribution in [3.63, 3.8) is 0 Å². The van der Waals surface area contributed by atoms with Crippen LogP contribution in [0.4, 0.5) is 34.1 Å². The minimum atomic E-state index is 1.12. The Morgan fingerprint density at radius 2 is 0.471 bits per heavy atom. The predicted octanol–water partition coefficient (Wildman–Crippen LogP) is 18.9. The number of rotatable bonds is 8. The Morgan fingerprint density at radius 3 is 0.824 bits per heavy atom. The van der Waals surface area contributed by atoms with Crippen LogP contribution in [0.5, 0.6) is 0 Å². The molecule has 2 nitrogen and oxygen atoms in total. The van der Waals surface area contributed by atoms with Gasteiger partial charge in [-0.1, -0.05) is 182 Å². The van der Waals surface area contributed by atoms with Gasteiger partial charge in [-0.3, -0.25) is 0 Å². The Labute approximate surface area is 395 Å². The SMILES string of the molecule is c1ccc(N(c2ccccc2)c2ccc3cc(-c4c5ccccc5c(-c5ccc6cc(N(c7ccccc7)c7ccccc7)ccc6c5)c5c6ccccc6c6ccccc6c45)ccc3c2)cc1. The van der Waals surface area contributed by atoms with Crippen LogP contribution in [-0.2, 0) is 0 Å². The van der Waals surface area contributed by atoms with E-state index in [1.165, 1.54) is 86.9 Å². The first-order valence-corrected chi connectivity index (χ1v) is 23.4. The molecule has 0 unspecified atom stereocenters. The van der Waals surface area contributed by atoms with Crippen LogP contribution in [0.2, 0.25) is 0 Å². The van der Waals surface area contributed by atoms with E-state index in [1.54, 1.807) is 0 Å². The third-order valence-corrected chi connectivity index (χ3v) is 13.7. The van der Waals surface area contributed by atoms with Crippen molar-refractivity contribution in [3.05, 3.63) is 267 Å². The van der Waals surface area contributed by atoms with E-state index in [2.05, 4.69) is 277 Å². The molecule has 0 heterocycles. The highest BCUT2D eigenvalue weighted by Gasteiger charge is 2.23. The zero-order chi connectivity index (χ0) is 45.0. The molecule has 0 spiro atoms. The van der Waals surface area contributed by atoms with Crippen LogP contribution in [0.25, 0.3) is 86.9 Å². The van der Waals surface area contributed by atoms with Crippen LogP contribution >= 0.6 is 0 Å². The van der Waals surface area contributed by atoms with Crippen molar-refractivity contribution in [1.29, 1.82) is 0 Å². The lowest BCUT2D eigenvalue weighted by molar-refractivity contribution is 1.29. The summed E-state index contributed by atoms with van der Waals surface area (Å²) in [4.78, 5) is 4.67. The summed E-state index contributed by atoms with van der Waals surface area (Å²) in [6.45, 7) is 0. The second kappa shape index (κ2) is 16.5. The lowest BCUT2D eigenvalue weighted by Crippen LogP contribution is -2.09. The van der Waals surface area contributed by atoms with Crippen molar-refractivity contribution in [1.82, 2.24) is 0 Å². The maximum atomic E-state index is 2.40. The highest BCUT2D eigenvalue weighted by Crippen LogP contribution is 2.50. The van der Waals surface area contributed by atoms with Gasteiger partial charge in [0.05, 0.1) is 0 Å². The van der Waals surface area contributed by atoms with Crippen molar-refractivity contribution >= 4 is 98.8 Å². The second-order valence-corrected chi connectivity index (χ2v) is 17.6. The number of benzene rings is 13. The average Bonchev–Trinajstić information content (AvgIpc) is 3.41. The van der Waals surface area contributed by atoms with Gasteiger partial charge in [-0.15, -0.1) is 0 Å². The van der Waals surface area contributed by atoms with Gasteiger partial charge in [-0.05, 0) is 172 Å². The summed E-state index contributed by atoms with van der Waals surface area (Å²) in [7, 11) is 0. The van der Waals surface area contributed by atoms with Gasteiger partial charge in [0.1, 0.15) is 0 Å². The van der Waals surface area contributed by atoms with Gasteiger partial charge in [0, 0.05) is 34.1 Å². The zero-order valence-electron chi connectivity index (χ0n) is 37.3. The molecule has 0 N–H and O–H groups in total. The molecule has 318 valence electrons. The van der Waals surface area contributed by atoms with Gasteiger partial charge in [0.15, 0.2) is 0 Å². The molecule has 0 fully saturated rings. The molecule has 0 aliphatic rings. The summed E-state index contributed by atoms with van der Waals surface area (Å²) in [6.07, 6.45) is 0. The van der Waals surface area contributed by atoms with Gasteiger partial charge in [0.2, 0.25) is 0 Å². The highest BCUT2D eigenvalue weighted by molar-refractivity contribution is 6.37. The maximum Gasteiger partial charge on any atom is 0.0468 e. The summed E-state index contributed by atoms with van der Waals surface area (Å²) in [5.41, 5.74) is 11.7. The molecule has 0 aliphatic carbocycles. The number of fused-ring (bicyclic) bond motifs is 9. The first-order valence-electron chi connectivity index (χ1n) is 23.4. The Bertz CT molecular complexity index is 3670. The monoisotopic (exact) mass is 864 g/mol. The average molecular weight is 865 g/mol. The van der Waals surface area contributed by atoms with Crippen LogP contribution in [0, 0.1) is 0 Å². The van der Waals surface area contributed by atoms with Crippen molar-refractivity contribution in [2.75, 3.05) is 9.80 Å². The zero-order valence-corrected chi connectivity index (χ0v) is 37.3. The molecule has 0 aromatic heterocycles. The van der Waals surface area contributed by atoms with Gasteiger partial charge in [-0.25, -0.2) is 0 Å². The summed E-state index contributed by atoms with van der Waals surface area (Å²) in [5.74, 6) is 0. The van der Waals surface area contributed by atoms with Gasteiger partial charge < -0.3 is 9.80 Å². The second-order valence-electron chi connectivity index (χ2n) is 17.6. The largest absolute Gasteiger partial charge is 0.310 e. The molecule has 0 amide bonds. The number of nitrogens with zero attached hydrogens (tertiary/aromatic N) is 2.